The van der Waals surface area contributed by atoms with Gasteiger partial charge in [0.05, 0.1) is 11.2 Å². The lowest BCUT2D eigenvalue weighted by molar-refractivity contribution is -0.112. The van der Waals surface area contributed by atoms with Gasteiger partial charge in [0.25, 0.3) is 0 Å². The van der Waals surface area contributed by atoms with Gasteiger partial charge in [0.1, 0.15) is 5.67 Å². The van der Waals surface area contributed by atoms with Crippen molar-refractivity contribution in [3.05, 3.63) is 0 Å². The summed E-state index contributed by atoms with van der Waals surface area (Å²) < 4.78 is 20.5. The Kier molecular flexibility index (Phi) is 2.23. The van der Waals surface area contributed by atoms with Crippen LogP contribution < -0.4 is 5.73 Å². The van der Waals surface area contributed by atoms with E-state index in [4.69, 9.17) is 10.5 Å². The third-order valence-electron chi connectivity index (χ3n) is 3.90. The first kappa shape index (κ1) is 11.3. The van der Waals surface area contributed by atoms with Crippen molar-refractivity contribution in [2.75, 3.05) is 0 Å². The van der Waals surface area contributed by atoms with E-state index in [1.54, 1.807) is 0 Å². The van der Waals surface area contributed by atoms with Gasteiger partial charge in [0, 0.05) is 12.0 Å². The van der Waals surface area contributed by atoms with Crippen molar-refractivity contribution in [1.29, 1.82) is 0 Å². The van der Waals surface area contributed by atoms with E-state index in [2.05, 4.69) is 0 Å². The average molecular weight is 215 g/mol. The first-order valence-corrected chi connectivity index (χ1v) is 5.79. The molecule has 0 amide bonds. The second-order valence-electron chi connectivity index (χ2n) is 6.42. The third-order valence-corrected chi connectivity index (χ3v) is 3.90. The second kappa shape index (κ2) is 2.95. The molecule has 2 rings (SSSR count). The van der Waals surface area contributed by atoms with E-state index in [0.717, 1.165) is 6.42 Å². The quantitative estimate of drug-likeness (QED) is 0.729. The molecule has 88 valence electrons. The first-order valence-electron chi connectivity index (χ1n) is 5.79. The Morgan fingerprint density at radius 3 is 2.00 bits per heavy atom. The fourth-order valence-corrected chi connectivity index (χ4v) is 3.46. The highest BCUT2D eigenvalue weighted by atomic mass is 19.1. The van der Waals surface area contributed by atoms with Crippen molar-refractivity contribution in [2.24, 2.45) is 11.7 Å². The summed E-state index contributed by atoms with van der Waals surface area (Å²) >= 11 is 0. The number of hydrogen-bond acceptors (Lipinski definition) is 2. The van der Waals surface area contributed by atoms with Crippen molar-refractivity contribution >= 4 is 0 Å². The molecule has 15 heavy (non-hydrogen) atoms. The predicted molar refractivity (Wildman–Crippen MR) is 58.4 cm³/mol. The molecule has 1 aliphatic carbocycles. The summed E-state index contributed by atoms with van der Waals surface area (Å²) in [5.41, 5.74) is 4.05. The SMILES string of the molecule is CC1(C)CC(C2(F)CC(N)C2)C(C)(C)O1. The van der Waals surface area contributed by atoms with Crippen molar-refractivity contribution in [3.63, 3.8) is 0 Å². The van der Waals surface area contributed by atoms with Crippen LogP contribution in [0.15, 0.2) is 0 Å². The molecule has 3 heteroatoms. The van der Waals surface area contributed by atoms with Crippen LogP contribution in [-0.2, 0) is 4.74 Å². The molecule has 2 nitrogen and oxygen atoms in total. The molecular weight excluding hydrogens is 193 g/mol. The highest BCUT2D eigenvalue weighted by molar-refractivity contribution is 5.10. The topological polar surface area (TPSA) is 35.2 Å². The van der Waals surface area contributed by atoms with Crippen LogP contribution in [0.5, 0.6) is 0 Å². The normalized spacial score (nSPS) is 47.6. The lowest BCUT2D eigenvalue weighted by Gasteiger charge is -2.47. The van der Waals surface area contributed by atoms with Crippen LogP contribution in [0.25, 0.3) is 0 Å². The smallest absolute Gasteiger partial charge is 0.119 e. The van der Waals surface area contributed by atoms with Crippen LogP contribution in [0.1, 0.15) is 47.0 Å². The minimum atomic E-state index is -1.09. The van der Waals surface area contributed by atoms with E-state index in [0.29, 0.717) is 12.8 Å². The molecule has 2 N–H and O–H groups in total. The van der Waals surface area contributed by atoms with Crippen LogP contribution in [0.2, 0.25) is 0 Å². The van der Waals surface area contributed by atoms with Gasteiger partial charge < -0.3 is 10.5 Å². The molecule has 0 bridgehead atoms. The fourth-order valence-electron chi connectivity index (χ4n) is 3.46. The zero-order valence-corrected chi connectivity index (χ0v) is 10.1. The highest BCUT2D eigenvalue weighted by Gasteiger charge is 2.60. The molecule has 0 radical (unpaired) electrons. The van der Waals surface area contributed by atoms with Gasteiger partial charge in [-0.2, -0.15) is 0 Å². The summed E-state index contributed by atoms with van der Waals surface area (Å²) in [6, 6.07) is 0.0505. The predicted octanol–water partition coefficient (Wildman–Crippen LogP) is 2.41. The van der Waals surface area contributed by atoms with Crippen LogP contribution in [0.3, 0.4) is 0 Å². The van der Waals surface area contributed by atoms with Crippen LogP contribution in [0, 0.1) is 5.92 Å². The number of halogens is 1. The minimum Gasteiger partial charge on any atom is -0.369 e. The fraction of sp³-hybridized carbons (Fsp3) is 1.00. The molecule has 2 aliphatic rings. The molecule has 0 aromatic heterocycles. The molecule has 1 aliphatic heterocycles. The third kappa shape index (κ3) is 1.80. The molecule has 1 atom stereocenters. The summed E-state index contributed by atoms with van der Waals surface area (Å²) in [6.45, 7) is 8.07. The van der Waals surface area contributed by atoms with Gasteiger partial charge in [-0.05, 0) is 47.0 Å². The molecule has 1 unspecified atom stereocenters. The Bertz CT molecular complexity index is 269. The number of hydrogen-bond donors (Lipinski definition) is 1. The summed E-state index contributed by atoms with van der Waals surface area (Å²) in [6.07, 6.45) is 1.80. The second-order valence-corrected chi connectivity index (χ2v) is 6.42. The van der Waals surface area contributed by atoms with Crippen molar-refractivity contribution in [1.82, 2.24) is 0 Å². The standard InChI is InChI=1S/C12H22FNO/c1-10(2)7-9(11(3,4)15-10)12(13)5-8(14)6-12/h8-9H,5-7,14H2,1-4H3. The Morgan fingerprint density at radius 2 is 1.67 bits per heavy atom. The lowest BCUT2D eigenvalue weighted by Crippen LogP contribution is -2.56. The van der Waals surface area contributed by atoms with Gasteiger partial charge in [0.15, 0.2) is 0 Å². The molecule has 1 saturated heterocycles. The molecule has 1 saturated carbocycles. The van der Waals surface area contributed by atoms with Gasteiger partial charge in [-0.15, -0.1) is 0 Å². The summed E-state index contributed by atoms with van der Waals surface area (Å²) in [4.78, 5) is 0. The van der Waals surface area contributed by atoms with Crippen molar-refractivity contribution in [2.45, 2.75) is 69.9 Å². The highest BCUT2D eigenvalue weighted by Crippen LogP contribution is 2.54. The zero-order chi connectivity index (χ0) is 11.5. The summed E-state index contributed by atoms with van der Waals surface area (Å²) in [7, 11) is 0. The molecule has 0 aromatic carbocycles. The van der Waals surface area contributed by atoms with E-state index in [-0.39, 0.29) is 23.2 Å². The molecule has 2 fully saturated rings. The Morgan fingerprint density at radius 1 is 1.13 bits per heavy atom. The Balaban J connectivity index is 2.16. The Labute approximate surface area is 91.4 Å². The average Bonchev–Trinajstić information content (AvgIpc) is 2.16. The van der Waals surface area contributed by atoms with Gasteiger partial charge in [0.2, 0.25) is 0 Å². The van der Waals surface area contributed by atoms with Gasteiger partial charge in [-0.25, -0.2) is 4.39 Å². The van der Waals surface area contributed by atoms with Crippen LogP contribution in [-0.4, -0.2) is 22.9 Å². The summed E-state index contributed by atoms with van der Waals surface area (Å²) in [5, 5.41) is 0. The Hall–Kier alpha value is -0.150. The maximum absolute atomic E-state index is 14.5. The van der Waals surface area contributed by atoms with Crippen LogP contribution >= 0.6 is 0 Å². The van der Waals surface area contributed by atoms with Crippen LogP contribution in [0.4, 0.5) is 4.39 Å². The van der Waals surface area contributed by atoms with Gasteiger partial charge in [-0.1, -0.05) is 0 Å². The molecule has 1 heterocycles. The van der Waals surface area contributed by atoms with Crippen molar-refractivity contribution < 1.29 is 9.13 Å². The molecule has 0 spiro atoms. The monoisotopic (exact) mass is 215 g/mol. The maximum atomic E-state index is 14.5. The van der Waals surface area contributed by atoms with Crippen molar-refractivity contribution in [3.8, 4) is 0 Å². The van der Waals surface area contributed by atoms with E-state index in [1.807, 2.05) is 27.7 Å². The lowest BCUT2D eigenvalue weighted by atomic mass is 9.64. The summed E-state index contributed by atoms with van der Waals surface area (Å²) in [5.74, 6) is -0.0141. The number of alkyl halides is 1. The van der Waals surface area contributed by atoms with Gasteiger partial charge >= 0.3 is 0 Å². The molecular formula is C12H22FNO. The number of nitrogens with two attached hydrogens (primary N) is 1. The zero-order valence-electron chi connectivity index (χ0n) is 10.1. The van der Waals surface area contributed by atoms with E-state index < -0.39 is 5.67 Å². The van der Waals surface area contributed by atoms with E-state index >= 15 is 0 Å². The largest absolute Gasteiger partial charge is 0.369 e. The van der Waals surface area contributed by atoms with E-state index in [9.17, 15) is 4.39 Å². The number of ether oxygens (including phenoxy) is 1. The molecule has 0 aromatic rings. The first-order chi connectivity index (χ1) is 6.65. The van der Waals surface area contributed by atoms with Gasteiger partial charge in [-0.3, -0.25) is 0 Å². The number of rotatable bonds is 1. The minimum absolute atomic E-state index is 0.0141. The maximum Gasteiger partial charge on any atom is 0.119 e. The van der Waals surface area contributed by atoms with E-state index in [1.165, 1.54) is 0 Å².